The van der Waals surface area contributed by atoms with Crippen molar-refractivity contribution in [1.82, 2.24) is 10.2 Å². The second-order valence-corrected chi connectivity index (χ2v) is 8.96. The predicted octanol–water partition coefficient (Wildman–Crippen LogP) is 4.57. The SMILES string of the molecule is COc1ccccc1NC(=O)C1CCN(C(=O)NCC2(c3ccccc3)CCCC2)CC1. The minimum Gasteiger partial charge on any atom is -0.495 e. The van der Waals surface area contributed by atoms with Crippen LogP contribution in [0.2, 0.25) is 0 Å². The van der Waals surface area contributed by atoms with Crippen molar-refractivity contribution in [3.8, 4) is 5.75 Å². The van der Waals surface area contributed by atoms with E-state index in [1.165, 1.54) is 18.4 Å². The molecule has 0 atom stereocenters. The molecule has 1 saturated heterocycles. The zero-order chi connectivity index (χ0) is 22.4. The number of nitrogens with one attached hydrogen (secondary N) is 2. The van der Waals surface area contributed by atoms with Crippen LogP contribution in [0.5, 0.6) is 5.75 Å². The van der Waals surface area contributed by atoms with Gasteiger partial charge in [0.15, 0.2) is 0 Å². The molecule has 3 amide bonds. The Hall–Kier alpha value is -3.02. The van der Waals surface area contributed by atoms with Crippen LogP contribution >= 0.6 is 0 Å². The van der Waals surface area contributed by atoms with Gasteiger partial charge in [-0.1, -0.05) is 55.3 Å². The number of urea groups is 1. The summed E-state index contributed by atoms with van der Waals surface area (Å²) in [5.41, 5.74) is 2.05. The maximum atomic E-state index is 12.9. The summed E-state index contributed by atoms with van der Waals surface area (Å²) >= 11 is 0. The fourth-order valence-corrected chi connectivity index (χ4v) is 5.10. The Morgan fingerprint density at radius 1 is 1.00 bits per heavy atom. The molecular weight excluding hydrogens is 402 g/mol. The molecule has 2 aromatic rings. The van der Waals surface area contributed by atoms with Crippen LogP contribution in [-0.4, -0.2) is 43.6 Å². The van der Waals surface area contributed by atoms with Gasteiger partial charge in [0.1, 0.15) is 5.75 Å². The number of hydrogen-bond acceptors (Lipinski definition) is 3. The van der Waals surface area contributed by atoms with Gasteiger partial charge in [0.25, 0.3) is 0 Å². The predicted molar refractivity (Wildman–Crippen MR) is 126 cm³/mol. The lowest BCUT2D eigenvalue weighted by atomic mass is 9.79. The molecule has 1 heterocycles. The molecule has 4 rings (SSSR count). The molecule has 2 N–H and O–H groups in total. The molecule has 0 bridgehead atoms. The van der Waals surface area contributed by atoms with Gasteiger partial charge in [0, 0.05) is 31.0 Å². The lowest BCUT2D eigenvalue weighted by Gasteiger charge is -2.34. The average Bonchev–Trinajstić information content (AvgIpc) is 3.34. The van der Waals surface area contributed by atoms with Crippen molar-refractivity contribution in [3.05, 3.63) is 60.2 Å². The Kier molecular flexibility index (Phi) is 6.98. The third kappa shape index (κ3) is 4.90. The summed E-state index contributed by atoms with van der Waals surface area (Å²) in [7, 11) is 1.59. The van der Waals surface area contributed by atoms with Crippen LogP contribution in [0.3, 0.4) is 0 Å². The number of benzene rings is 2. The highest BCUT2D eigenvalue weighted by molar-refractivity contribution is 5.94. The minimum atomic E-state index is -0.102. The minimum absolute atomic E-state index is 0.0106. The summed E-state index contributed by atoms with van der Waals surface area (Å²) in [5, 5.41) is 6.18. The first-order valence-corrected chi connectivity index (χ1v) is 11.6. The number of rotatable bonds is 6. The van der Waals surface area contributed by atoms with E-state index in [1.807, 2.05) is 35.2 Å². The molecule has 1 aliphatic heterocycles. The number of amides is 3. The monoisotopic (exact) mass is 435 g/mol. The molecule has 6 heteroatoms. The number of piperidine rings is 1. The topological polar surface area (TPSA) is 70.7 Å². The van der Waals surface area contributed by atoms with E-state index in [-0.39, 0.29) is 23.3 Å². The summed E-state index contributed by atoms with van der Waals surface area (Å²) in [6, 6.07) is 18.0. The second-order valence-electron chi connectivity index (χ2n) is 8.96. The smallest absolute Gasteiger partial charge is 0.317 e. The first-order chi connectivity index (χ1) is 15.6. The zero-order valence-electron chi connectivity index (χ0n) is 18.8. The van der Waals surface area contributed by atoms with E-state index >= 15 is 0 Å². The Bertz CT molecular complexity index is 917. The number of para-hydroxylation sites is 2. The van der Waals surface area contributed by atoms with E-state index in [0.29, 0.717) is 43.9 Å². The molecule has 32 heavy (non-hydrogen) atoms. The summed E-state index contributed by atoms with van der Waals surface area (Å²) in [4.78, 5) is 27.5. The van der Waals surface area contributed by atoms with Gasteiger partial charge in [-0.25, -0.2) is 4.79 Å². The van der Waals surface area contributed by atoms with Gasteiger partial charge in [-0.05, 0) is 43.4 Å². The maximum Gasteiger partial charge on any atom is 0.317 e. The van der Waals surface area contributed by atoms with Gasteiger partial charge < -0.3 is 20.3 Å². The first-order valence-electron chi connectivity index (χ1n) is 11.6. The number of carbonyl (C=O) groups excluding carboxylic acids is 2. The van der Waals surface area contributed by atoms with Gasteiger partial charge in [0.05, 0.1) is 12.8 Å². The number of likely N-dealkylation sites (tertiary alicyclic amines) is 1. The standard InChI is InChI=1S/C26H33N3O3/c1-32-23-12-6-5-11-22(23)28-24(30)20-13-17-29(18-14-20)25(31)27-19-26(15-7-8-16-26)21-9-3-2-4-10-21/h2-6,9-12,20H,7-8,13-19H2,1H3,(H,27,31)(H,28,30). The molecule has 6 nitrogen and oxygen atoms in total. The van der Waals surface area contributed by atoms with Gasteiger partial charge >= 0.3 is 6.03 Å². The highest BCUT2D eigenvalue weighted by Crippen LogP contribution is 2.40. The van der Waals surface area contributed by atoms with Gasteiger partial charge in [-0.2, -0.15) is 0 Å². The lowest BCUT2D eigenvalue weighted by molar-refractivity contribution is -0.121. The van der Waals surface area contributed by atoms with Gasteiger partial charge in [0.2, 0.25) is 5.91 Å². The number of ether oxygens (including phenoxy) is 1. The summed E-state index contributed by atoms with van der Waals surface area (Å²) in [6.45, 7) is 1.85. The van der Waals surface area contributed by atoms with Crippen molar-refractivity contribution < 1.29 is 14.3 Å². The van der Waals surface area contributed by atoms with Crippen molar-refractivity contribution in [1.29, 1.82) is 0 Å². The van der Waals surface area contributed by atoms with Crippen LogP contribution in [0.25, 0.3) is 0 Å². The first kappa shape index (κ1) is 22.2. The Labute approximate surface area is 190 Å². The molecule has 1 aliphatic carbocycles. The number of anilines is 1. The quantitative estimate of drug-likeness (QED) is 0.698. The third-order valence-electron chi connectivity index (χ3n) is 7.04. The molecule has 2 aromatic carbocycles. The van der Waals surface area contributed by atoms with Crippen LogP contribution in [0.15, 0.2) is 54.6 Å². The van der Waals surface area contributed by atoms with Crippen molar-refractivity contribution >= 4 is 17.6 Å². The molecule has 170 valence electrons. The van der Waals surface area contributed by atoms with E-state index in [1.54, 1.807) is 7.11 Å². The van der Waals surface area contributed by atoms with E-state index in [0.717, 1.165) is 12.8 Å². The third-order valence-corrected chi connectivity index (χ3v) is 7.04. The molecule has 0 aromatic heterocycles. The number of hydrogen-bond donors (Lipinski definition) is 2. The van der Waals surface area contributed by atoms with E-state index < -0.39 is 0 Å². The number of methoxy groups -OCH3 is 1. The lowest BCUT2D eigenvalue weighted by Crippen LogP contribution is -2.49. The van der Waals surface area contributed by atoms with Crippen molar-refractivity contribution in [2.45, 2.75) is 43.9 Å². The van der Waals surface area contributed by atoms with Crippen LogP contribution < -0.4 is 15.4 Å². The Balaban J connectivity index is 1.28. The zero-order valence-corrected chi connectivity index (χ0v) is 18.8. The number of nitrogens with zero attached hydrogens (tertiary/aromatic N) is 1. The van der Waals surface area contributed by atoms with Crippen LogP contribution in [0.1, 0.15) is 44.1 Å². The molecular formula is C26H33N3O3. The summed E-state index contributed by atoms with van der Waals surface area (Å²) < 4.78 is 5.32. The summed E-state index contributed by atoms with van der Waals surface area (Å²) in [5.74, 6) is 0.537. The molecule has 0 spiro atoms. The maximum absolute atomic E-state index is 12.9. The molecule has 0 radical (unpaired) electrons. The summed E-state index contributed by atoms with van der Waals surface area (Å²) in [6.07, 6.45) is 5.97. The fourth-order valence-electron chi connectivity index (χ4n) is 5.10. The van der Waals surface area contributed by atoms with Crippen LogP contribution in [0, 0.1) is 5.92 Å². The van der Waals surface area contributed by atoms with Gasteiger partial charge in [-0.15, -0.1) is 0 Å². The average molecular weight is 436 g/mol. The molecule has 2 fully saturated rings. The van der Waals surface area contributed by atoms with Crippen molar-refractivity contribution in [3.63, 3.8) is 0 Å². The van der Waals surface area contributed by atoms with Crippen LogP contribution in [-0.2, 0) is 10.2 Å². The van der Waals surface area contributed by atoms with E-state index in [2.05, 4.69) is 34.9 Å². The fraction of sp³-hybridized carbons (Fsp3) is 0.462. The number of carbonyl (C=O) groups is 2. The Morgan fingerprint density at radius 2 is 1.66 bits per heavy atom. The molecule has 1 saturated carbocycles. The van der Waals surface area contributed by atoms with Crippen molar-refractivity contribution in [2.75, 3.05) is 32.1 Å². The van der Waals surface area contributed by atoms with Gasteiger partial charge in [-0.3, -0.25) is 4.79 Å². The normalized spacial score (nSPS) is 18.2. The van der Waals surface area contributed by atoms with Crippen LogP contribution in [0.4, 0.5) is 10.5 Å². The molecule has 0 unspecified atom stereocenters. The Morgan fingerprint density at radius 3 is 2.34 bits per heavy atom. The van der Waals surface area contributed by atoms with E-state index in [9.17, 15) is 9.59 Å². The second kappa shape index (κ2) is 10.1. The highest BCUT2D eigenvalue weighted by atomic mass is 16.5. The largest absolute Gasteiger partial charge is 0.495 e. The van der Waals surface area contributed by atoms with E-state index in [4.69, 9.17) is 4.74 Å². The molecule has 2 aliphatic rings. The van der Waals surface area contributed by atoms with Crippen molar-refractivity contribution in [2.24, 2.45) is 5.92 Å². The highest BCUT2D eigenvalue weighted by Gasteiger charge is 2.36.